The minimum absolute atomic E-state index is 0.110. The van der Waals surface area contributed by atoms with E-state index < -0.39 is 0 Å². The molecule has 1 atom stereocenters. The average molecular weight is 452 g/mol. The Labute approximate surface area is 197 Å². The first kappa shape index (κ1) is 22.8. The number of para-hydroxylation sites is 1. The standard InChI is InChI=1S/C28H25N3O3/c1-16-12-22(18(3)31-24-11-6-5-10-21(24)28(33)30-4)27-23(13-16)25(32)17(2)26(34-27)20-9-7-8-19(14-20)15-29/h5-14,18,31H,1-4H3,(H,30,33). The number of nitrogens with zero attached hydrogens (tertiary/aromatic N) is 1. The molecule has 0 fully saturated rings. The maximum Gasteiger partial charge on any atom is 0.253 e. The van der Waals surface area contributed by atoms with E-state index >= 15 is 0 Å². The molecule has 34 heavy (non-hydrogen) atoms. The van der Waals surface area contributed by atoms with Crippen LogP contribution >= 0.6 is 0 Å². The molecule has 170 valence electrons. The van der Waals surface area contributed by atoms with Crippen LogP contribution < -0.4 is 16.1 Å². The van der Waals surface area contributed by atoms with Crippen LogP contribution in [0.2, 0.25) is 0 Å². The number of rotatable bonds is 5. The third-order valence-electron chi connectivity index (χ3n) is 5.88. The number of hydrogen-bond donors (Lipinski definition) is 2. The van der Waals surface area contributed by atoms with Gasteiger partial charge in [-0.2, -0.15) is 5.26 Å². The average Bonchev–Trinajstić information content (AvgIpc) is 2.85. The molecule has 1 aromatic heterocycles. The van der Waals surface area contributed by atoms with Gasteiger partial charge < -0.3 is 15.1 Å². The number of aryl methyl sites for hydroxylation is 1. The van der Waals surface area contributed by atoms with Gasteiger partial charge in [-0.15, -0.1) is 0 Å². The zero-order valence-electron chi connectivity index (χ0n) is 19.5. The summed E-state index contributed by atoms with van der Waals surface area (Å²) in [6.45, 7) is 5.64. The molecule has 0 aliphatic rings. The molecule has 1 unspecified atom stereocenters. The number of fused-ring (bicyclic) bond motifs is 1. The number of benzene rings is 3. The normalized spacial score (nSPS) is 11.6. The van der Waals surface area contributed by atoms with Crippen molar-refractivity contribution in [2.24, 2.45) is 0 Å². The van der Waals surface area contributed by atoms with Crippen LogP contribution in [-0.2, 0) is 0 Å². The van der Waals surface area contributed by atoms with Crippen molar-refractivity contribution in [3.63, 3.8) is 0 Å². The Balaban J connectivity index is 1.88. The summed E-state index contributed by atoms with van der Waals surface area (Å²) in [5.74, 6) is 0.254. The lowest BCUT2D eigenvalue weighted by Crippen LogP contribution is -2.20. The van der Waals surface area contributed by atoms with Gasteiger partial charge in [0.05, 0.1) is 28.6 Å². The largest absolute Gasteiger partial charge is 0.455 e. The molecule has 4 rings (SSSR count). The Bertz CT molecular complexity index is 1510. The van der Waals surface area contributed by atoms with E-state index in [0.29, 0.717) is 44.7 Å². The molecule has 0 aliphatic carbocycles. The predicted octanol–water partition coefficient (Wildman–Crippen LogP) is 5.48. The molecular formula is C28H25N3O3. The SMILES string of the molecule is CNC(=O)c1ccccc1NC(C)c1cc(C)cc2c(=O)c(C)c(-c3cccc(C#N)c3)oc12. The fourth-order valence-corrected chi connectivity index (χ4v) is 4.15. The third-order valence-corrected chi connectivity index (χ3v) is 5.88. The Morgan fingerprint density at radius 1 is 1.06 bits per heavy atom. The van der Waals surface area contributed by atoms with Gasteiger partial charge in [0, 0.05) is 29.4 Å². The molecule has 4 aromatic rings. The topological polar surface area (TPSA) is 95.1 Å². The monoisotopic (exact) mass is 451 g/mol. The lowest BCUT2D eigenvalue weighted by molar-refractivity contribution is 0.0964. The second kappa shape index (κ2) is 9.24. The number of carbonyl (C=O) groups excluding carboxylic acids is 1. The first-order valence-electron chi connectivity index (χ1n) is 11.0. The summed E-state index contributed by atoms with van der Waals surface area (Å²) in [6, 6.07) is 20.0. The maximum atomic E-state index is 13.3. The van der Waals surface area contributed by atoms with Gasteiger partial charge in [-0.25, -0.2) is 0 Å². The highest BCUT2D eigenvalue weighted by Gasteiger charge is 2.20. The van der Waals surface area contributed by atoms with Gasteiger partial charge in [0.1, 0.15) is 11.3 Å². The molecule has 6 heteroatoms. The first-order chi connectivity index (χ1) is 16.3. The molecule has 0 saturated carbocycles. The number of nitriles is 1. The summed E-state index contributed by atoms with van der Waals surface area (Å²) < 4.78 is 6.37. The van der Waals surface area contributed by atoms with Crippen molar-refractivity contribution in [3.8, 4) is 17.4 Å². The van der Waals surface area contributed by atoms with Crippen molar-refractivity contribution in [3.05, 3.63) is 98.7 Å². The lowest BCUT2D eigenvalue weighted by atomic mass is 9.98. The highest BCUT2D eigenvalue weighted by Crippen LogP contribution is 2.32. The van der Waals surface area contributed by atoms with Gasteiger partial charge in [-0.3, -0.25) is 9.59 Å². The van der Waals surface area contributed by atoms with E-state index in [1.807, 2.05) is 50.2 Å². The molecule has 6 nitrogen and oxygen atoms in total. The minimum Gasteiger partial charge on any atom is -0.455 e. The number of amides is 1. The Morgan fingerprint density at radius 2 is 1.82 bits per heavy atom. The van der Waals surface area contributed by atoms with E-state index in [0.717, 1.165) is 11.1 Å². The summed E-state index contributed by atoms with van der Waals surface area (Å²) >= 11 is 0. The molecule has 3 aromatic carbocycles. The van der Waals surface area contributed by atoms with Crippen LogP contribution in [0.15, 0.2) is 69.9 Å². The molecular weight excluding hydrogens is 426 g/mol. The van der Waals surface area contributed by atoms with E-state index in [4.69, 9.17) is 4.42 Å². The van der Waals surface area contributed by atoms with Crippen LogP contribution in [0, 0.1) is 25.2 Å². The van der Waals surface area contributed by atoms with E-state index in [-0.39, 0.29) is 17.4 Å². The molecule has 0 bridgehead atoms. The van der Waals surface area contributed by atoms with Crippen molar-refractivity contribution in [1.29, 1.82) is 5.26 Å². The van der Waals surface area contributed by atoms with Crippen molar-refractivity contribution >= 4 is 22.6 Å². The second-order valence-electron chi connectivity index (χ2n) is 8.30. The van der Waals surface area contributed by atoms with E-state index in [9.17, 15) is 14.9 Å². The first-order valence-corrected chi connectivity index (χ1v) is 11.0. The fraction of sp³-hybridized carbons (Fsp3) is 0.179. The summed E-state index contributed by atoms with van der Waals surface area (Å²) in [4.78, 5) is 25.7. The molecule has 0 saturated heterocycles. The lowest BCUT2D eigenvalue weighted by Gasteiger charge is -2.20. The molecule has 1 heterocycles. The zero-order chi connectivity index (χ0) is 24.4. The number of hydrogen-bond acceptors (Lipinski definition) is 5. The van der Waals surface area contributed by atoms with Crippen LogP contribution in [-0.4, -0.2) is 13.0 Å². The van der Waals surface area contributed by atoms with Crippen molar-refractivity contribution in [1.82, 2.24) is 5.32 Å². The molecule has 2 N–H and O–H groups in total. The van der Waals surface area contributed by atoms with Crippen LogP contribution in [0.5, 0.6) is 0 Å². The second-order valence-corrected chi connectivity index (χ2v) is 8.30. The van der Waals surface area contributed by atoms with Crippen LogP contribution in [0.3, 0.4) is 0 Å². The van der Waals surface area contributed by atoms with Crippen molar-refractivity contribution in [2.75, 3.05) is 12.4 Å². The Morgan fingerprint density at radius 3 is 2.56 bits per heavy atom. The molecule has 0 aliphatic heterocycles. The zero-order valence-corrected chi connectivity index (χ0v) is 19.5. The summed E-state index contributed by atoms with van der Waals surface area (Å²) in [5.41, 5.74) is 4.97. The Kier molecular flexibility index (Phi) is 6.20. The van der Waals surface area contributed by atoms with E-state index in [1.54, 1.807) is 38.2 Å². The van der Waals surface area contributed by atoms with Gasteiger partial charge >= 0.3 is 0 Å². The summed E-state index contributed by atoms with van der Waals surface area (Å²) in [7, 11) is 1.59. The third kappa shape index (κ3) is 4.16. The van der Waals surface area contributed by atoms with Crippen LogP contribution in [0.25, 0.3) is 22.3 Å². The summed E-state index contributed by atoms with van der Waals surface area (Å²) in [6.07, 6.45) is 0. The number of carbonyl (C=O) groups is 1. The smallest absolute Gasteiger partial charge is 0.253 e. The van der Waals surface area contributed by atoms with E-state index in [2.05, 4.69) is 16.7 Å². The molecule has 0 spiro atoms. The van der Waals surface area contributed by atoms with Gasteiger partial charge in [0.25, 0.3) is 5.91 Å². The molecule has 0 radical (unpaired) electrons. The van der Waals surface area contributed by atoms with Gasteiger partial charge in [-0.05, 0) is 56.7 Å². The number of anilines is 1. The van der Waals surface area contributed by atoms with Gasteiger partial charge in [0.2, 0.25) is 0 Å². The predicted molar refractivity (Wildman–Crippen MR) is 134 cm³/mol. The highest BCUT2D eigenvalue weighted by atomic mass is 16.3. The quantitative estimate of drug-likeness (QED) is 0.419. The fourth-order valence-electron chi connectivity index (χ4n) is 4.15. The summed E-state index contributed by atoms with van der Waals surface area (Å²) in [5, 5.41) is 15.9. The van der Waals surface area contributed by atoms with Crippen molar-refractivity contribution < 1.29 is 9.21 Å². The van der Waals surface area contributed by atoms with Gasteiger partial charge in [0.15, 0.2) is 5.43 Å². The highest BCUT2D eigenvalue weighted by molar-refractivity contribution is 5.99. The maximum absolute atomic E-state index is 13.3. The van der Waals surface area contributed by atoms with Crippen LogP contribution in [0.1, 0.15) is 45.6 Å². The Hall–Kier alpha value is -4.37. The van der Waals surface area contributed by atoms with Gasteiger partial charge in [-0.1, -0.05) is 30.3 Å². The van der Waals surface area contributed by atoms with Crippen molar-refractivity contribution in [2.45, 2.75) is 26.8 Å². The number of nitrogens with one attached hydrogen (secondary N) is 2. The molecule has 1 amide bonds. The minimum atomic E-state index is -0.266. The van der Waals surface area contributed by atoms with Crippen LogP contribution in [0.4, 0.5) is 5.69 Å². The van der Waals surface area contributed by atoms with E-state index in [1.165, 1.54) is 0 Å².